The van der Waals surface area contributed by atoms with Gasteiger partial charge in [0, 0.05) is 42.3 Å². The average Bonchev–Trinajstić information content (AvgIpc) is 2.92. The minimum atomic E-state index is -1.17. The van der Waals surface area contributed by atoms with Crippen molar-refractivity contribution in [2.75, 3.05) is 19.7 Å². The molecule has 1 aliphatic heterocycles. The third-order valence-corrected chi connectivity index (χ3v) is 4.60. The van der Waals surface area contributed by atoms with Crippen LogP contribution in [0, 0.1) is 24.4 Å². The van der Waals surface area contributed by atoms with Crippen molar-refractivity contribution in [1.82, 2.24) is 9.88 Å². The van der Waals surface area contributed by atoms with Crippen LogP contribution < -0.4 is 0 Å². The number of halogens is 3. The molecule has 0 amide bonds. The summed E-state index contributed by atoms with van der Waals surface area (Å²) >= 11 is 1.53. The van der Waals surface area contributed by atoms with Gasteiger partial charge in [-0.25, -0.2) is 18.2 Å². The van der Waals surface area contributed by atoms with E-state index in [1.807, 2.05) is 17.2 Å². The van der Waals surface area contributed by atoms with Crippen LogP contribution >= 0.6 is 11.3 Å². The van der Waals surface area contributed by atoms with Crippen molar-refractivity contribution in [1.29, 1.82) is 0 Å². The largest absolute Gasteiger partial charge is 0.368 e. The molecule has 7 heteroatoms. The quantitative estimate of drug-likeness (QED) is 0.807. The fourth-order valence-corrected chi connectivity index (χ4v) is 3.28. The number of rotatable bonds is 3. The average molecular weight is 328 g/mol. The SMILES string of the molecule is Cc1csc([C@H]2CN(Cc3cc(F)c(F)cc3F)CCO2)n1. The van der Waals surface area contributed by atoms with Gasteiger partial charge in [-0.1, -0.05) is 0 Å². The molecule has 0 unspecified atom stereocenters. The Labute approximate surface area is 130 Å². The molecule has 0 aliphatic carbocycles. The first-order valence-electron chi connectivity index (χ1n) is 6.92. The van der Waals surface area contributed by atoms with Crippen molar-refractivity contribution < 1.29 is 17.9 Å². The molecule has 0 radical (unpaired) electrons. The number of ether oxygens (including phenoxy) is 1. The van der Waals surface area contributed by atoms with E-state index in [2.05, 4.69) is 4.98 Å². The first-order chi connectivity index (χ1) is 10.5. The van der Waals surface area contributed by atoms with Crippen LogP contribution in [0.3, 0.4) is 0 Å². The molecule has 22 heavy (non-hydrogen) atoms. The van der Waals surface area contributed by atoms with Crippen molar-refractivity contribution in [3.05, 3.63) is 51.2 Å². The Kier molecular flexibility index (Phi) is 4.46. The molecule has 1 aromatic carbocycles. The fraction of sp³-hybridized carbons (Fsp3) is 0.400. The second kappa shape index (κ2) is 6.36. The van der Waals surface area contributed by atoms with Crippen LogP contribution in [0.25, 0.3) is 0 Å². The molecule has 1 aromatic heterocycles. The van der Waals surface area contributed by atoms with Crippen LogP contribution in [0.1, 0.15) is 22.4 Å². The summed E-state index contributed by atoms with van der Waals surface area (Å²) in [5, 5.41) is 2.83. The van der Waals surface area contributed by atoms with E-state index < -0.39 is 17.5 Å². The molecule has 0 bridgehead atoms. The number of hydrogen-bond donors (Lipinski definition) is 0. The summed E-state index contributed by atoms with van der Waals surface area (Å²) in [6.07, 6.45) is -0.166. The predicted octanol–water partition coefficient (Wildman–Crippen LogP) is 3.44. The van der Waals surface area contributed by atoms with E-state index in [1.54, 1.807) is 0 Å². The Morgan fingerprint density at radius 3 is 2.77 bits per heavy atom. The molecule has 1 saturated heterocycles. The van der Waals surface area contributed by atoms with Gasteiger partial charge in [0.2, 0.25) is 0 Å². The lowest BCUT2D eigenvalue weighted by molar-refractivity contribution is -0.0333. The zero-order valence-electron chi connectivity index (χ0n) is 12.0. The molecular weight excluding hydrogens is 313 g/mol. The van der Waals surface area contributed by atoms with E-state index in [0.717, 1.165) is 16.8 Å². The maximum Gasteiger partial charge on any atom is 0.161 e. The Morgan fingerprint density at radius 1 is 1.27 bits per heavy atom. The van der Waals surface area contributed by atoms with E-state index in [0.29, 0.717) is 25.8 Å². The first-order valence-corrected chi connectivity index (χ1v) is 7.80. The number of benzene rings is 1. The van der Waals surface area contributed by atoms with E-state index in [-0.39, 0.29) is 18.2 Å². The van der Waals surface area contributed by atoms with Gasteiger partial charge in [0.25, 0.3) is 0 Å². The normalized spacial score (nSPS) is 19.5. The number of nitrogens with zero attached hydrogens (tertiary/aromatic N) is 2. The van der Waals surface area contributed by atoms with Crippen molar-refractivity contribution in [2.45, 2.75) is 19.6 Å². The van der Waals surface area contributed by atoms with Crippen molar-refractivity contribution in [3.8, 4) is 0 Å². The fourth-order valence-electron chi connectivity index (χ4n) is 2.44. The first kappa shape index (κ1) is 15.5. The summed E-state index contributed by atoms with van der Waals surface area (Å²) in [4.78, 5) is 6.36. The van der Waals surface area contributed by atoms with Crippen LogP contribution in [0.4, 0.5) is 13.2 Å². The van der Waals surface area contributed by atoms with Crippen LogP contribution in [-0.4, -0.2) is 29.6 Å². The van der Waals surface area contributed by atoms with Crippen LogP contribution in [-0.2, 0) is 11.3 Å². The van der Waals surface area contributed by atoms with Crippen LogP contribution in [0.2, 0.25) is 0 Å². The molecule has 0 N–H and O–H groups in total. The van der Waals surface area contributed by atoms with E-state index >= 15 is 0 Å². The Hall–Kier alpha value is -1.44. The molecule has 2 heterocycles. The number of aromatic nitrogens is 1. The molecule has 1 atom stereocenters. The van der Waals surface area contributed by atoms with Gasteiger partial charge in [-0.2, -0.15) is 0 Å². The van der Waals surface area contributed by atoms with E-state index in [9.17, 15) is 13.2 Å². The number of aryl methyl sites for hydroxylation is 1. The summed E-state index contributed by atoms with van der Waals surface area (Å²) in [7, 11) is 0. The summed E-state index contributed by atoms with van der Waals surface area (Å²) < 4.78 is 45.7. The number of morpholine rings is 1. The summed E-state index contributed by atoms with van der Waals surface area (Å²) in [6, 6.07) is 1.51. The molecular formula is C15H15F3N2OS. The standard InChI is InChI=1S/C15H15F3N2OS/c1-9-8-22-15(19-9)14-7-20(2-3-21-14)6-10-4-12(17)13(18)5-11(10)16/h4-5,8,14H,2-3,6-7H2,1H3/t14-/m1/s1. The number of hydrogen-bond acceptors (Lipinski definition) is 4. The highest BCUT2D eigenvalue weighted by Crippen LogP contribution is 2.26. The highest BCUT2D eigenvalue weighted by molar-refractivity contribution is 7.09. The molecule has 3 nitrogen and oxygen atoms in total. The molecule has 1 fully saturated rings. The lowest BCUT2D eigenvalue weighted by atomic mass is 10.1. The molecule has 118 valence electrons. The van der Waals surface area contributed by atoms with Gasteiger partial charge >= 0.3 is 0 Å². The van der Waals surface area contributed by atoms with E-state index in [4.69, 9.17) is 4.74 Å². The Balaban J connectivity index is 1.71. The minimum absolute atomic E-state index is 0.148. The maximum atomic E-state index is 13.7. The lowest BCUT2D eigenvalue weighted by Crippen LogP contribution is -2.38. The topological polar surface area (TPSA) is 25.4 Å². The zero-order chi connectivity index (χ0) is 15.7. The molecule has 1 aliphatic rings. The van der Waals surface area contributed by atoms with Crippen molar-refractivity contribution in [2.24, 2.45) is 0 Å². The second-order valence-corrected chi connectivity index (χ2v) is 6.17. The van der Waals surface area contributed by atoms with Crippen LogP contribution in [0.15, 0.2) is 17.5 Å². The highest BCUT2D eigenvalue weighted by atomic mass is 32.1. The Morgan fingerprint density at radius 2 is 2.05 bits per heavy atom. The molecule has 2 aromatic rings. The smallest absolute Gasteiger partial charge is 0.161 e. The van der Waals surface area contributed by atoms with Gasteiger partial charge in [-0.3, -0.25) is 4.90 Å². The monoisotopic (exact) mass is 328 g/mol. The lowest BCUT2D eigenvalue weighted by Gasteiger charge is -2.32. The Bertz CT molecular complexity index is 677. The van der Waals surface area contributed by atoms with Gasteiger partial charge in [0.15, 0.2) is 11.6 Å². The zero-order valence-corrected chi connectivity index (χ0v) is 12.8. The van der Waals surface area contributed by atoms with Gasteiger partial charge in [0.1, 0.15) is 16.9 Å². The van der Waals surface area contributed by atoms with Gasteiger partial charge in [-0.15, -0.1) is 11.3 Å². The van der Waals surface area contributed by atoms with Crippen molar-refractivity contribution in [3.63, 3.8) is 0 Å². The molecule has 3 rings (SSSR count). The summed E-state index contributed by atoms with van der Waals surface area (Å²) in [5.74, 6) is -2.93. The highest BCUT2D eigenvalue weighted by Gasteiger charge is 2.25. The molecule has 0 saturated carbocycles. The third kappa shape index (κ3) is 3.31. The molecule has 0 spiro atoms. The van der Waals surface area contributed by atoms with Gasteiger partial charge in [-0.05, 0) is 13.0 Å². The van der Waals surface area contributed by atoms with E-state index in [1.165, 1.54) is 11.3 Å². The number of thiazole rings is 1. The summed E-state index contributed by atoms with van der Waals surface area (Å²) in [6.45, 7) is 3.78. The predicted molar refractivity (Wildman–Crippen MR) is 77.1 cm³/mol. The van der Waals surface area contributed by atoms with Gasteiger partial charge in [0.05, 0.1) is 6.61 Å². The minimum Gasteiger partial charge on any atom is -0.368 e. The van der Waals surface area contributed by atoms with Crippen molar-refractivity contribution >= 4 is 11.3 Å². The van der Waals surface area contributed by atoms with Crippen LogP contribution in [0.5, 0.6) is 0 Å². The maximum absolute atomic E-state index is 13.7. The van der Waals surface area contributed by atoms with Gasteiger partial charge < -0.3 is 4.74 Å². The summed E-state index contributed by atoms with van der Waals surface area (Å²) in [5.41, 5.74) is 1.09. The third-order valence-electron chi connectivity index (χ3n) is 3.55. The second-order valence-electron chi connectivity index (χ2n) is 5.28.